The minimum absolute atomic E-state index is 0. The zero-order chi connectivity index (χ0) is 7.84. The topological polar surface area (TPSA) is 41.8 Å². The predicted molar refractivity (Wildman–Crippen MR) is 56.1 cm³/mol. The first-order valence-corrected chi connectivity index (χ1v) is 4.39. The highest BCUT2D eigenvalue weighted by molar-refractivity contribution is 7.18. The highest BCUT2D eigenvalue weighted by Gasteiger charge is 2.01. The summed E-state index contributed by atoms with van der Waals surface area (Å²) in [5.41, 5.74) is 7.82. The number of hydrogen-bond acceptors (Lipinski definition) is 2. The maximum atomic E-state index is 5.48. The first-order chi connectivity index (χ1) is 5.29. The van der Waals surface area contributed by atoms with E-state index in [-0.39, 0.29) is 12.4 Å². The number of rotatable bonds is 1. The van der Waals surface area contributed by atoms with E-state index in [1.165, 1.54) is 15.1 Å². The Morgan fingerprint density at radius 3 is 2.83 bits per heavy atom. The van der Waals surface area contributed by atoms with Crippen molar-refractivity contribution in [2.75, 3.05) is 0 Å². The molecule has 0 saturated carbocycles. The molecule has 0 atom stereocenters. The molecule has 12 heavy (non-hydrogen) atoms. The van der Waals surface area contributed by atoms with Crippen LogP contribution in [-0.2, 0) is 6.54 Å². The van der Waals surface area contributed by atoms with Crippen LogP contribution in [-0.4, -0.2) is 4.98 Å². The van der Waals surface area contributed by atoms with Crippen molar-refractivity contribution in [3.63, 3.8) is 0 Å². The Kier molecular flexibility index (Phi) is 2.77. The summed E-state index contributed by atoms with van der Waals surface area (Å²) in [6.07, 6.45) is 0. The molecule has 0 unspecified atom stereocenters. The molecule has 0 spiro atoms. The molecule has 0 amide bonds. The number of halogens is 1. The lowest BCUT2D eigenvalue weighted by Gasteiger charge is -1.85. The SMILES string of the molecule is Cc1cc2[nH]c(CN)cc2s1.Cl. The summed E-state index contributed by atoms with van der Waals surface area (Å²) in [5.74, 6) is 0. The molecule has 0 saturated heterocycles. The molecule has 0 aliphatic rings. The lowest BCUT2D eigenvalue weighted by atomic mass is 10.4. The highest BCUT2D eigenvalue weighted by Crippen LogP contribution is 2.24. The van der Waals surface area contributed by atoms with Gasteiger partial charge < -0.3 is 10.7 Å². The van der Waals surface area contributed by atoms with Gasteiger partial charge in [0.05, 0.1) is 10.2 Å². The minimum atomic E-state index is 0. The van der Waals surface area contributed by atoms with Gasteiger partial charge in [-0.25, -0.2) is 0 Å². The van der Waals surface area contributed by atoms with Crippen LogP contribution in [0.2, 0.25) is 0 Å². The Labute approximate surface area is 81.2 Å². The molecule has 2 aromatic rings. The van der Waals surface area contributed by atoms with Crippen molar-refractivity contribution in [3.05, 3.63) is 22.7 Å². The summed E-state index contributed by atoms with van der Waals surface area (Å²) in [6, 6.07) is 4.27. The Morgan fingerprint density at radius 2 is 2.25 bits per heavy atom. The van der Waals surface area contributed by atoms with E-state index < -0.39 is 0 Å². The molecule has 4 heteroatoms. The van der Waals surface area contributed by atoms with Gasteiger partial charge in [-0.15, -0.1) is 23.7 Å². The number of fused-ring (bicyclic) bond motifs is 1. The molecule has 0 aromatic carbocycles. The number of aromatic amines is 1. The van der Waals surface area contributed by atoms with E-state index in [0.717, 1.165) is 5.69 Å². The van der Waals surface area contributed by atoms with E-state index >= 15 is 0 Å². The summed E-state index contributed by atoms with van der Waals surface area (Å²) >= 11 is 1.80. The number of H-pyrrole nitrogens is 1. The molecule has 0 aliphatic carbocycles. The Hall–Kier alpha value is -0.510. The Balaban J connectivity index is 0.000000720. The average molecular weight is 203 g/mol. The minimum Gasteiger partial charge on any atom is -0.357 e. The highest BCUT2D eigenvalue weighted by atomic mass is 35.5. The van der Waals surface area contributed by atoms with Crippen molar-refractivity contribution >= 4 is 34.0 Å². The molecule has 0 bridgehead atoms. The van der Waals surface area contributed by atoms with E-state index in [4.69, 9.17) is 5.73 Å². The number of hydrogen-bond donors (Lipinski definition) is 2. The van der Waals surface area contributed by atoms with Gasteiger partial charge in [-0.05, 0) is 19.1 Å². The summed E-state index contributed by atoms with van der Waals surface area (Å²) in [5, 5.41) is 0. The average Bonchev–Trinajstić information content (AvgIpc) is 2.43. The van der Waals surface area contributed by atoms with Crippen molar-refractivity contribution < 1.29 is 0 Å². The predicted octanol–water partition coefficient (Wildman–Crippen LogP) is 2.42. The van der Waals surface area contributed by atoms with Crippen LogP contribution >= 0.6 is 23.7 Å². The third kappa shape index (κ3) is 1.48. The van der Waals surface area contributed by atoms with Crippen LogP contribution in [0.1, 0.15) is 10.6 Å². The molecule has 2 heterocycles. The van der Waals surface area contributed by atoms with Gasteiger partial charge in [0.1, 0.15) is 0 Å². The van der Waals surface area contributed by atoms with E-state index in [0.29, 0.717) is 6.54 Å². The number of aromatic nitrogens is 1. The molecule has 0 fully saturated rings. The van der Waals surface area contributed by atoms with Crippen molar-refractivity contribution in [1.29, 1.82) is 0 Å². The van der Waals surface area contributed by atoms with Gasteiger partial charge in [0.15, 0.2) is 0 Å². The van der Waals surface area contributed by atoms with Crippen LogP contribution in [0.25, 0.3) is 10.2 Å². The molecule has 0 radical (unpaired) electrons. The zero-order valence-electron chi connectivity index (χ0n) is 6.76. The van der Waals surface area contributed by atoms with Gasteiger partial charge in [0.25, 0.3) is 0 Å². The van der Waals surface area contributed by atoms with Crippen LogP contribution in [0.4, 0.5) is 0 Å². The van der Waals surface area contributed by atoms with Crippen molar-refractivity contribution in [3.8, 4) is 0 Å². The molecule has 2 aromatic heterocycles. The number of thiophene rings is 1. The first kappa shape index (κ1) is 9.58. The van der Waals surface area contributed by atoms with Gasteiger partial charge in [0, 0.05) is 17.1 Å². The van der Waals surface area contributed by atoms with E-state index in [9.17, 15) is 0 Å². The fraction of sp³-hybridized carbons (Fsp3) is 0.250. The van der Waals surface area contributed by atoms with Gasteiger partial charge in [-0.1, -0.05) is 0 Å². The van der Waals surface area contributed by atoms with Crippen molar-refractivity contribution in [2.45, 2.75) is 13.5 Å². The Morgan fingerprint density at radius 1 is 1.50 bits per heavy atom. The quantitative estimate of drug-likeness (QED) is 0.733. The fourth-order valence-electron chi connectivity index (χ4n) is 1.21. The normalized spacial score (nSPS) is 10.2. The van der Waals surface area contributed by atoms with E-state index in [2.05, 4.69) is 24.0 Å². The van der Waals surface area contributed by atoms with Gasteiger partial charge in [-0.3, -0.25) is 0 Å². The van der Waals surface area contributed by atoms with Crippen LogP contribution in [0.5, 0.6) is 0 Å². The van der Waals surface area contributed by atoms with Crippen LogP contribution in [0, 0.1) is 6.92 Å². The van der Waals surface area contributed by atoms with Crippen LogP contribution < -0.4 is 5.73 Å². The molecular weight excluding hydrogens is 192 g/mol. The van der Waals surface area contributed by atoms with Crippen LogP contribution in [0.3, 0.4) is 0 Å². The van der Waals surface area contributed by atoms with Gasteiger partial charge in [-0.2, -0.15) is 0 Å². The smallest absolute Gasteiger partial charge is 0.0568 e. The van der Waals surface area contributed by atoms with E-state index in [1.54, 1.807) is 11.3 Å². The Bertz CT molecular complexity index is 346. The standard InChI is InChI=1S/C8H10N2S.ClH/c1-5-2-7-8(11-5)3-6(4-9)10-7;/h2-3,10H,4,9H2,1H3;1H. The third-order valence-electron chi connectivity index (χ3n) is 1.70. The van der Waals surface area contributed by atoms with Gasteiger partial charge in [0.2, 0.25) is 0 Å². The summed E-state index contributed by atoms with van der Waals surface area (Å²) in [6.45, 7) is 2.71. The van der Waals surface area contributed by atoms with Crippen molar-refractivity contribution in [1.82, 2.24) is 4.98 Å². The number of nitrogens with one attached hydrogen (secondary N) is 1. The molecule has 2 nitrogen and oxygen atoms in total. The van der Waals surface area contributed by atoms with E-state index in [1.807, 2.05) is 0 Å². The maximum absolute atomic E-state index is 5.48. The second-order valence-corrected chi connectivity index (χ2v) is 3.92. The summed E-state index contributed by atoms with van der Waals surface area (Å²) in [4.78, 5) is 4.59. The lowest BCUT2D eigenvalue weighted by Crippen LogP contribution is -1.95. The summed E-state index contributed by atoms with van der Waals surface area (Å²) in [7, 11) is 0. The number of nitrogens with two attached hydrogens (primary N) is 1. The third-order valence-corrected chi connectivity index (χ3v) is 2.70. The lowest BCUT2D eigenvalue weighted by molar-refractivity contribution is 1.02. The van der Waals surface area contributed by atoms with Gasteiger partial charge >= 0.3 is 0 Å². The molecule has 66 valence electrons. The maximum Gasteiger partial charge on any atom is 0.0568 e. The van der Waals surface area contributed by atoms with Crippen molar-refractivity contribution in [2.24, 2.45) is 5.73 Å². The molecule has 3 N–H and O–H groups in total. The monoisotopic (exact) mass is 202 g/mol. The zero-order valence-corrected chi connectivity index (χ0v) is 8.39. The number of aryl methyl sites for hydroxylation is 1. The first-order valence-electron chi connectivity index (χ1n) is 3.57. The van der Waals surface area contributed by atoms with Crippen LogP contribution in [0.15, 0.2) is 12.1 Å². The second kappa shape index (κ2) is 3.47. The molecule has 0 aliphatic heterocycles. The fourth-order valence-corrected chi connectivity index (χ4v) is 2.16. The molecular formula is C8H11ClN2S. The summed E-state index contributed by atoms with van der Waals surface area (Å²) < 4.78 is 1.31. The largest absolute Gasteiger partial charge is 0.357 e. The molecule has 2 rings (SSSR count). The second-order valence-electron chi connectivity index (χ2n) is 2.63.